The van der Waals surface area contributed by atoms with Crippen molar-refractivity contribution < 1.29 is 4.79 Å². The van der Waals surface area contributed by atoms with E-state index in [4.69, 9.17) is 0 Å². The third-order valence-electron chi connectivity index (χ3n) is 2.65. The Morgan fingerprint density at radius 2 is 2.44 bits per heavy atom. The van der Waals surface area contributed by atoms with E-state index in [0.29, 0.717) is 19.1 Å². The summed E-state index contributed by atoms with van der Waals surface area (Å²) in [5, 5.41) is 6.03. The maximum Gasteiger partial charge on any atom is 0.234 e. The van der Waals surface area contributed by atoms with Crippen molar-refractivity contribution in [3.05, 3.63) is 18.2 Å². The zero-order valence-electron chi connectivity index (χ0n) is 9.57. The fraction of sp³-hybridized carbons (Fsp3) is 0.636. The molecule has 0 radical (unpaired) electrons. The lowest BCUT2D eigenvalue weighted by atomic mass is 10.5. The van der Waals surface area contributed by atoms with Crippen LogP contribution in [0.15, 0.2) is 12.4 Å². The third-order valence-corrected chi connectivity index (χ3v) is 2.65. The summed E-state index contributed by atoms with van der Waals surface area (Å²) in [4.78, 5) is 15.6. The maximum absolute atomic E-state index is 11.4. The van der Waals surface area contributed by atoms with Crippen LogP contribution in [0.25, 0.3) is 0 Å². The van der Waals surface area contributed by atoms with Gasteiger partial charge in [-0.05, 0) is 19.8 Å². The van der Waals surface area contributed by atoms with Gasteiger partial charge < -0.3 is 15.2 Å². The molecule has 1 aliphatic carbocycles. The summed E-state index contributed by atoms with van der Waals surface area (Å²) < 4.78 is 2.06. The third kappa shape index (κ3) is 3.06. The molecule has 88 valence electrons. The van der Waals surface area contributed by atoms with Gasteiger partial charge in [0.05, 0.1) is 13.1 Å². The van der Waals surface area contributed by atoms with Crippen molar-refractivity contribution in [3.8, 4) is 0 Å². The van der Waals surface area contributed by atoms with Gasteiger partial charge >= 0.3 is 0 Å². The minimum absolute atomic E-state index is 0.0807. The molecule has 0 aromatic carbocycles. The average molecular weight is 222 g/mol. The molecule has 0 spiro atoms. The summed E-state index contributed by atoms with van der Waals surface area (Å²) in [6, 6.07) is 0.437. The van der Waals surface area contributed by atoms with Gasteiger partial charge in [-0.2, -0.15) is 0 Å². The van der Waals surface area contributed by atoms with Crippen LogP contribution in [0.4, 0.5) is 0 Å². The van der Waals surface area contributed by atoms with Crippen molar-refractivity contribution in [2.45, 2.75) is 38.9 Å². The number of carbonyl (C=O) groups excluding carboxylic acids is 1. The number of nitrogens with one attached hydrogen (secondary N) is 2. The molecule has 1 aromatic rings. The molecule has 5 heteroatoms. The second-order valence-corrected chi connectivity index (χ2v) is 4.07. The minimum Gasteiger partial charge on any atom is -0.352 e. The molecule has 2 N–H and O–H groups in total. The van der Waals surface area contributed by atoms with Crippen LogP contribution in [-0.4, -0.2) is 28.0 Å². The number of rotatable bonds is 6. The number of nitrogens with zero attached hydrogens (tertiary/aromatic N) is 2. The van der Waals surface area contributed by atoms with Crippen molar-refractivity contribution in [1.29, 1.82) is 0 Å². The van der Waals surface area contributed by atoms with Crippen molar-refractivity contribution in [2.24, 2.45) is 0 Å². The van der Waals surface area contributed by atoms with E-state index in [0.717, 1.165) is 25.2 Å². The first kappa shape index (κ1) is 11.1. The van der Waals surface area contributed by atoms with E-state index in [2.05, 4.69) is 27.1 Å². The normalized spacial score (nSPS) is 15.1. The summed E-state index contributed by atoms with van der Waals surface area (Å²) in [6.07, 6.45) is 5.99. The van der Waals surface area contributed by atoms with Crippen LogP contribution in [0.5, 0.6) is 0 Å². The predicted molar refractivity (Wildman–Crippen MR) is 60.8 cm³/mol. The molecule has 16 heavy (non-hydrogen) atoms. The molecule has 0 aliphatic heterocycles. The molecule has 1 amide bonds. The highest BCUT2D eigenvalue weighted by molar-refractivity contribution is 5.78. The van der Waals surface area contributed by atoms with Gasteiger partial charge in [0.15, 0.2) is 0 Å². The van der Waals surface area contributed by atoms with Crippen molar-refractivity contribution in [2.75, 3.05) is 6.54 Å². The van der Waals surface area contributed by atoms with Crippen molar-refractivity contribution in [1.82, 2.24) is 20.2 Å². The van der Waals surface area contributed by atoms with Crippen LogP contribution in [-0.2, 0) is 17.9 Å². The van der Waals surface area contributed by atoms with E-state index in [-0.39, 0.29) is 5.91 Å². The predicted octanol–water partition coefficient (Wildman–Crippen LogP) is 0.271. The Morgan fingerprint density at radius 3 is 3.12 bits per heavy atom. The molecular formula is C11H18N4O. The van der Waals surface area contributed by atoms with E-state index in [1.54, 1.807) is 6.20 Å². The van der Waals surface area contributed by atoms with Gasteiger partial charge in [-0.3, -0.25) is 4.79 Å². The molecule has 0 saturated heterocycles. The van der Waals surface area contributed by atoms with Crippen LogP contribution in [0.1, 0.15) is 25.6 Å². The number of hydrogen-bond donors (Lipinski definition) is 2. The number of imidazole rings is 1. The molecular weight excluding hydrogens is 204 g/mol. The highest BCUT2D eigenvalue weighted by Crippen LogP contribution is 2.18. The first-order chi connectivity index (χ1) is 7.79. The van der Waals surface area contributed by atoms with E-state index in [1.807, 2.05) is 6.20 Å². The molecule has 1 aliphatic rings. The number of aryl methyl sites for hydroxylation is 1. The summed E-state index contributed by atoms with van der Waals surface area (Å²) >= 11 is 0. The zero-order valence-corrected chi connectivity index (χ0v) is 9.57. The topological polar surface area (TPSA) is 59.0 Å². The lowest BCUT2D eigenvalue weighted by Crippen LogP contribution is -2.35. The van der Waals surface area contributed by atoms with Gasteiger partial charge in [-0.1, -0.05) is 0 Å². The van der Waals surface area contributed by atoms with E-state index >= 15 is 0 Å². The number of amides is 1. The fourth-order valence-electron chi connectivity index (χ4n) is 1.59. The summed E-state index contributed by atoms with van der Waals surface area (Å²) in [5.74, 6) is 1.05. The van der Waals surface area contributed by atoms with Gasteiger partial charge in [0.25, 0.3) is 0 Å². The Bertz CT molecular complexity index is 357. The van der Waals surface area contributed by atoms with E-state index in [9.17, 15) is 4.79 Å². The first-order valence-electron chi connectivity index (χ1n) is 5.79. The summed E-state index contributed by atoms with van der Waals surface area (Å²) in [6.45, 7) is 3.99. The van der Waals surface area contributed by atoms with Gasteiger partial charge in [-0.15, -0.1) is 0 Å². The molecule has 5 nitrogen and oxygen atoms in total. The average Bonchev–Trinajstić information content (AvgIpc) is 2.96. The zero-order chi connectivity index (χ0) is 11.4. The van der Waals surface area contributed by atoms with E-state index in [1.165, 1.54) is 0 Å². The van der Waals surface area contributed by atoms with Crippen LogP contribution < -0.4 is 10.6 Å². The molecule has 0 atom stereocenters. The molecule has 1 fully saturated rings. The number of carbonyl (C=O) groups is 1. The summed E-state index contributed by atoms with van der Waals surface area (Å²) in [7, 11) is 0. The fourth-order valence-corrected chi connectivity index (χ4v) is 1.59. The quantitative estimate of drug-likeness (QED) is 0.726. The van der Waals surface area contributed by atoms with Gasteiger partial charge in [0.2, 0.25) is 5.91 Å². The van der Waals surface area contributed by atoms with Gasteiger partial charge in [-0.25, -0.2) is 4.98 Å². The van der Waals surface area contributed by atoms with Gasteiger partial charge in [0, 0.05) is 25.0 Å². The van der Waals surface area contributed by atoms with Gasteiger partial charge in [0.1, 0.15) is 5.82 Å². The molecule has 0 bridgehead atoms. The lowest BCUT2D eigenvalue weighted by molar-refractivity contribution is -0.120. The first-order valence-corrected chi connectivity index (χ1v) is 5.79. The molecule has 0 unspecified atom stereocenters. The highest BCUT2D eigenvalue weighted by Gasteiger charge is 2.22. The number of hydrogen-bond acceptors (Lipinski definition) is 3. The maximum atomic E-state index is 11.4. The van der Waals surface area contributed by atoms with Crippen LogP contribution in [0, 0.1) is 0 Å². The second-order valence-electron chi connectivity index (χ2n) is 4.07. The Labute approximate surface area is 95.2 Å². The molecule has 1 aromatic heterocycles. The van der Waals surface area contributed by atoms with E-state index < -0.39 is 0 Å². The smallest absolute Gasteiger partial charge is 0.234 e. The van der Waals surface area contributed by atoms with Crippen molar-refractivity contribution in [3.63, 3.8) is 0 Å². The molecule has 2 rings (SSSR count). The van der Waals surface area contributed by atoms with Crippen molar-refractivity contribution >= 4 is 5.91 Å². The monoisotopic (exact) mass is 222 g/mol. The molecule has 1 heterocycles. The standard InChI is InChI=1S/C11H18N4O/c1-2-15-6-5-13-10(15)7-12-8-11(16)14-9-3-4-9/h5-6,9,12H,2-4,7-8H2,1H3,(H,14,16). The highest BCUT2D eigenvalue weighted by atomic mass is 16.2. The number of aromatic nitrogens is 2. The Balaban J connectivity index is 1.68. The largest absolute Gasteiger partial charge is 0.352 e. The van der Waals surface area contributed by atoms with Crippen LogP contribution in [0.2, 0.25) is 0 Å². The SMILES string of the molecule is CCn1ccnc1CNCC(=O)NC1CC1. The lowest BCUT2D eigenvalue weighted by Gasteiger charge is -2.06. The second kappa shape index (κ2) is 5.12. The molecule has 1 saturated carbocycles. The summed E-state index contributed by atoms with van der Waals surface area (Å²) in [5.41, 5.74) is 0. The minimum atomic E-state index is 0.0807. The Hall–Kier alpha value is -1.36. The Morgan fingerprint density at radius 1 is 1.62 bits per heavy atom. The van der Waals surface area contributed by atoms with Crippen LogP contribution in [0.3, 0.4) is 0 Å². The van der Waals surface area contributed by atoms with Crippen LogP contribution >= 0.6 is 0 Å². The Kier molecular flexibility index (Phi) is 3.56.